The molecule has 1 amide bonds. The third-order valence-electron chi connectivity index (χ3n) is 3.35. The first-order chi connectivity index (χ1) is 10.7. The summed E-state index contributed by atoms with van der Waals surface area (Å²) in [5.41, 5.74) is 1.93. The summed E-state index contributed by atoms with van der Waals surface area (Å²) in [5, 5.41) is 2.70. The molecule has 0 radical (unpaired) electrons. The smallest absolute Gasteiger partial charge is 0.270 e. The van der Waals surface area contributed by atoms with Gasteiger partial charge in [0.05, 0.1) is 0 Å². The molecule has 0 spiro atoms. The van der Waals surface area contributed by atoms with Crippen molar-refractivity contribution in [2.45, 2.75) is 13.5 Å². The minimum absolute atomic E-state index is 0.0204. The third-order valence-corrected chi connectivity index (χ3v) is 3.35. The zero-order chi connectivity index (χ0) is 15.5. The Kier molecular flexibility index (Phi) is 3.65. The normalized spacial score (nSPS) is 10.6. The predicted molar refractivity (Wildman–Crippen MR) is 81.6 cm³/mol. The maximum absolute atomic E-state index is 12.4. The van der Waals surface area contributed by atoms with Gasteiger partial charge in [-0.3, -0.25) is 19.0 Å². The number of hydrogen-bond acceptors (Lipinski definition) is 4. The molecule has 0 atom stereocenters. The second-order valence-corrected chi connectivity index (χ2v) is 4.91. The van der Waals surface area contributed by atoms with Crippen LogP contribution in [0.5, 0.6) is 0 Å². The lowest BCUT2D eigenvalue weighted by molar-refractivity contribution is 0.0949. The number of aromatic nitrogens is 3. The van der Waals surface area contributed by atoms with Crippen molar-refractivity contribution >= 4 is 11.6 Å². The first kappa shape index (κ1) is 13.9. The van der Waals surface area contributed by atoms with Crippen LogP contribution in [0.3, 0.4) is 0 Å². The van der Waals surface area contributed by atoms with E-state index in [1.165, 1.54) is 10.6 Å². The Hall–Kier alpha value is -3.02. The van der Waals surface area contributed by atoms with Crippen molar-refractivity contribution in [3.8, 4) is 0 Å². The summed E-state index contributed by atoms with van der Waals surface area (Å²) in [4.78, 5) is 32.7. The quantitative estimate of drug-likeness (QED) is 0.790. The van der Waals surface area contributed by atoms with Gasteiger partial charge in [-0.25, -0.2) is 4.98 Å². The molecule has 3 rings (SSSR count). The van der Waals surface area contributed by atoms with Crippen molar-refractivity contribution in [3.05, 3.63) is 76.1 Å². The number of amides is 1. The van der Waals surface area contributed by atoms with Gasteiger partial charge in [0.25, 0.3) is 11.5 Å². The van der Waals surface area contributed by atoms with Gasteiger partial charge in [0.2, 0.25) is 0 Å². The molecule has 3 aromatic rings. The van der Waals surface area contributed by atoms with Crippen LogP contribution in [0.15, 0.2) is 53.8 Å². The lowest BCUT2D eigenvalue weighted by atomic mass is 10.2. The Morgan fingerprint density at radius 3 is 2.91 bits per heavy atom. The molecule has 0 aliphatic carbocycles. The highest BCUT2D eigenvalue weighted by molar-refractivity contribution is 5.93. The summed E-state index contributed by atoms with van der Waals surface area (Å²) in [7, 11) is 0. The molecule has 0 saturated carbocycles. The molecule has 0 bridgehead atoms. The molecule has 1 N–H and O–H groups in total. The number of nitrogens with one attached hydrogen (secondary N) is 1. The molecule has 0 fully saturated rings. The number of carbonyl (C=O) groups is 1. The Labute approximate surface area is 126 Å². The molecule has 0 unspecified atom stereocenters. The fraction of sp³-hybridized carbons (Fsp3) is 0.125. The largest absolute Gasteiger partial charge is 0.348 e. The van der Waals surface area contributed by atoms with Gasteiger partial charge in [0, 0.05) is 31.3 Å². The maximum Gasteiger partial charge on any atom is 0.270 e. The van der Waals surface area contributed by atoms with Crippen LogP contribution < -0.4 is 10.9 Å². The molecule has 110 valence electrons. The Morgan fingerprint density at radius 1 is 1.27 bits per heavy atom. The minimum atomic E-state index is -0.447. The topological polar surface area (TPSA) is 76.4 Å². The van der Waals surface area contributed by atoms with Crippen molar-refractivity contribution in [2.75, 3.05) is 0 Å². The van der Waals surface area contributed by atoms with Gasteiger partial charge in [0.1, 0.15) is 11.2 Å². The molecule has 0 saturated heterocycles. The monoisotopic (exact) mass is 294 g/mol. The van der Waals surface area contributed by atoms with Crippen LogP contribution in [0.4, 0.5) is 0 Å². The van der Waals surface area contributed by atoms with Gasteiger partial charge in [-0.1, -0.05) is 12.1 Å². The Balaban J connectivity index is 1.88. The average Bonchev–Trinajstić information content (AvgIpc) is 2.55. The number of fused-ring (bicyclic) bond motifs is 1. The van der Waals surface area contributed by atoms with E-state index in [0.717, 1.165) is 11.1 Å². The first-order valence-electron chi connectivity index (χ1n) is 6.81. The molecule has 6 heteroatoms. The molecule has 6 nitrogen and oxygen atoms in total. The number of carbonyl (C=O) groups excluding carboxylic acids is 1. The predicted octanol–water partition coefficient (Wildman–Crippen LogP) is 1.33. The zero-order valence-electron chi connectivity index (χ0n) is 12.0. The van der Waals surface area contributed by atoms with E-state index in [9.17, 15) is 9.59 Å². The Bertz CT molecular complexity index is 888. The molecule has 0 aromatic carbocycles. The van der Waals surface area contributed by atoms with Crippen LogP contribution in [0, 0.1) is 6.92 Å². The van der Waals surface area contributed by atoms with Gasteiger partial charge in [0.15, 0.2) is 0 Å². The molecular weight excluding hydrogens is 280 g/mol. The summed E-state index contributed by atoms with van der Waals surface area (Å²) in [6, 6.07) is 7.26. The van der Waals surface area contributed by atoms with E-state index in [4.69, 9.17) is 0 Å². The maximum atomic E-state index is 12.4. The highest BCUT2D eigenvalue weighted by Crippen LogP contribution is 2.05. The Morgan fingerprint density at radius 2 is 2.14 bits per heavy atom. The van der Waals surface area contributed by atoms with Crippen LogP contribution in [-0.4, -0.2) is 20.3 Å². The van der Waals surface area contributed by atoms with Crippen molar-refractivity contribution in [1.82, 2.24) is 19.7 Å². The summed E-state index contributed by atoms with van der Waals surface area (Å²) in [6.07, 6.45) is 6.25. The van der Waals surface area contributed by atoms with E-state index in [0.29, 0.717) is 12.2 Å². The van der Waals surface area contributed by atoms with Crippen molar-refractivity contribution in [1.29, 1.82) is 0 Å². The second kappa shape index (κ2) is 5.77. The van der Waals surface area contributed by atoms with Crippen LogP contribution >= 0.6 is 0 Å². The van der Waals surface area contributed by atoms with E-state index >= 15 is 0 Å². The van der Waals surface area contributed by atoms with Crippen molar-refractivity contribution in [2.24, 2.45) is 0 Å². The summed E-state index contributed by atoms with van der Waals surface area (Å²) >= 11 is 0. The third kappa shape index (κ3) is 2.58. The number of rotatable bonds is 3. The summed E-state index contributed by atoms with van der Waals surface area (Å²) < 4.78 is 1.38. The zero-order valence-corrected chi connectivity index (χ0v) is 12.0. The van der Waals surface area contributed by atoms with E-state index in [1.807, 2.05) is 19.1 Å². The molecule has 3 heterocycles. The standard InChI is InChI=1S/C16H14N4O2/c1-11-4-3-7-20-14(11)18-10-13(16(20)22)15(21)19-9-12-5-2-6-17-8-12/h2-8,10H,9H2,1H3,(H,19,21). The molecule has 0 aliphatic rings. The van der Waals surface area contributed by atoms with Gasteiger partial charge < -0.3 is 5.32 Å². The fourth-order valence-electron chi connectivity index (χ4n) is 2.18. The fourth-order valence-corrected chi connectivity index (χ4v) is 2.18. The van der Waals surface area contributed by atoms with Crippen LogP contribution in [0.25, 0.3) is 5.65 Å². The van der Waals surface area contributed by atoms with Gasteiger partial charge in [-0.05, 0) is 30.2 Å². The van der Waals surface area contributed by atoms with E-state index < -0.39 is 5.91 Å². The highest BCUT2D eigenvalue weighted by Gasteiger charge is 2.13. The van der Waals surface area contributed by atoms with E-state index in [-0.39, 0.29) is 11.1 Å². The minimum Gasteiger partial charge on any atom is -0.348 e. The van der Waals surface area contributed by atoms with Crippen LogP contribution in [0.1, 0.15) is 21.5 Å². The van der Waals surface area contributed by atoms with Gasteiger partial charge in [-0.2, -0.15) is 0 Å². The summed E-state index contributed by atoms with van der Waals surface area (Å²) in [6.45, 7) is 2.17. The molecule has 0 aliphatic heterocycles. The van der Waals surface area contributed by atoms with Crippen molar-refractivity contribution in [3.63, 3.8) is 0 Å². The number of nitrogens with zero attached hydrogens (tertiary/aromatic N) is 3. The molecule has 3 aromatic heterocycles. The number of pyridine rings is 2. The number of hydrogen-bond donors (Lipinski definition) is 1. The lowest BCUT2D eigenvalue weighted by Crippen LogP contribution is -2.31. The molecular formula is C16H14N4O2. The van der Waals surface area contributed by atoms with Gasteiger partial charge >= 0.3 is 0 Å². The van der Waals surface area contributed by atoms with Crippen LogP contribution in [0.2, 0.25) is 0 Å². The lowest BCUT2D eigenvalue weighted by Gasteiger charge is -2.07. The van der Waals surface area contributed by atoms with Crippen LogP contribution in [-0.2, 0) is 6.54 Å². The van der Waals surface area contributed by atoms with E-state index in [1.54, 1.807) is 30.7 Å². The van der Waals surface area contributed by atoms with E-state index in [2.05, 4.69) is 15.3 Å². The second-order valence-electron chi connectivity index (χ2n) is 4.91. The molecule has 22 heavy (non-hydrogen) atoms. The highest BCUT2D eigenvalue weighted by atomic mass is 16.2. The average molecular weight is 294 g/mol. The number of aryl methyl sites for hydroxylation is 1. The summed E-state index contributed by atoms with van der Waals surface area (Å²) in [5.74, 6) is -0.447. The first-order valence-corrected chi connectivity index (χ1v) is 6.81. The van der Waals surface area contributed by atoms with Gasteiger partial charge in [-0.15, -0.1) is 0 Å². The SMILES string of the molecule is Cc1cccn2c(=O)c(C(=O)NCc3cccnc3)cnc12. The van der Waals surface area contributed by atoms with Crippen molar-refractivity contribution < 1.29 is 4.79 Å².